The Labute approximate surface area is 123 Å². The monoisotopic (exact) mass is 285 g/mol. The molecule has 0 saturated heterocycles. The molecule has 0 aromatic rings. The van der Waals surface area contributed by atoms with Gasteiger partial charge >= 0.3 is 0 Å². The van der Waals surface area contributed by atoms with Crippen LogP contribution in [-0.4, -0.2) is 43.9 Å². The zero-order valence-electron chi connectivity index (χ0n) is 13.7. The van der Waals surface area contributed by atoms with Crippen LogP contribution in [0.3, 0.4) is 0 Å². The molecule has 0 spiro atoms. The zero-order chi connectivity index (χ0) is 15.8. The van der Waals surface area contributed by atoms with Gasteiger partial charge in [-0.2, -0.15) is 0 Å². The molecule has 0 fully saturated rings. The van der Waals surface area contributed by atoms with E-state index in [-0.39, 0.29) is 17.2 Å². The van der Waals surface area contributed by atoms with Crippen molar-refractivity contribution in [3.05, 3.63) is 0 Å². The van der Waals surface area contributed by atoms with Crippen molar-refractivity contribution < 1.29 is 9.59 Å². The summed E-state index contributed by atoms with van der Waals surface area (Å²) in [6.07, 6.45) is 2.63. The van der Waals surface area contributed by atoms with E-state index in [0.717, 1.165) is 12.8 Å². The molecule has 118 valence electrons. The largest absolute Gasteiger partial charge is 0.356 e. The van der Waals surface area contributed by atoms with Crippen LogP contribution in [0.25, 0.3) is 0 Å². The van der Waals surface area contributed by atoms with E-state index in [9.17, 15) is 9.59 Å². The summed E-state index contributed by atoms with van der Waals surface area (Å²) in [5.74, 6) is 0.491. The Hall–Kier alpha value is -1.10. The predicted molar refractivity (Wildman–Crippen MR) is 82.2 cm³/mol. The topological polar surface area (TPSA) is 75.4 Å². The number of rotatable bonds is 8. The fourth-order valence-corrected chi connectivity index (χ4v) is 2.14. The molecule has 0 heterocycles. The predicted octanol–water partition coefficient (Wildman–Crippen LogP) is 1.37. The molecule has 0 bridgehead atoms. The SMILES string of the molecule is CN(C)C(=O)CCNC(=O)CCC(CCN)C(C)(C)C. The molecule has 2 amide bonds. The highest BCUT2D eigenvalue weighted by Gasteiger charge is 2.24. The summed E-state index contributed by atoms with van der Waals surface area (Å²) in [6, 6.07) is 0. The minimum atomic E-state index is 0.0165. The van der Waals surface area contributed by atoms with E-state index in [1.165, 1.54) is 4.90 Å². The van der Waals surface area contributed by atoms with Gasteiger partial charge in [0.25, 0.3) is 0 Å². The smallest absolute Gasteiger partial charge is 0.223 e. The number of carbonyl (C=O) groups is 2. The van der Waals surface area contributed by atoms with Crippen molar-refractivity contribution in [2.45, 2.75) is 46.5 Å². The number of hydrogen-bond donors (Lipinski definition) is 2. The van der Waals surface area contributed by atoms with Gasteiger partial charge in [-0.25, -0.2) is 0 Å². The molecule has 1 unspecified atom stereocenters. The lowest BCUT2D eigenvalue weighted by Gasteiger charge is -2.30. The molecule has 0 aliphatic carbocycles. The van der Waals surface area contributed by atoms with E-state index in [0.29, 0.717) is 31.8 Å². The summed E-state index contributed by atoms with van der Waals surface area (Å²) in [7, 11) is 3.43. The number of nitrogens with zero attached hydrogens (tertiary/aromatic N) is 1. The van der Waals surface area contributed by atoms with Crippen LogP contribution in [0.1, 0.15) is 46.5 Å². The fourth-order valence-electron chi connectivity index (χ4n) is 2.14. The van der Waals surface area contributed by atoms with Gasteiger partial charge in [-0.15, -0.1) is 0 Å². The maximum absolute atomic E-state index is 11.8. The van der Waals surface area contributed by atoms with E-state index in [2.05, 4.69) is 26.1 Å². The van der Waals surface area contributed by atoms with Crippen LogP contribution in [0.5, 0.6) is 0 Å². The summed E-state index contributed by atoms with van der Waals surface area (Å²) in [5.41, 5.74) is 5.80. The molecule has 20 heavy (non-hydrogen) atoms. The second kappa shape index (κ2) is 8.95. The number of hydrogen-bond acceptors (Lipinski definition) is 3. The molecule has 0 radical (unpaired) electrons. The average Bonchev–Trinajstić information content (AvgIpc) is 2.32. The molecule has 0 rings (SSSR count). The molecule has 3 N–H and O–H groups in total. The van der Waals surface area contributed by atoms with Crippen molar-refractivity contribution in [1.82, 2.24) is 10.2 Å². The highest BCUT2D eigenvalue weighted by Crippen LogP contribution is 2.31. The molecule has 0 aromatic heterocycles. The molecule has 0 aromatic carbocycles. The van der Waals surface area contributed by atoms with Gasteiger partial charge in [0.1, 0.15) is 0 Å². The Bertz CT molecular complexity index is 309. The molecular weight excluding hydrogens is 254 g/mol. The van der Waals surface area contributed by atoms with Crippen LogP contribution >= 0.6 is 0 Å². The van der Waals surface area contributed by atoms with Gasteiger partial charge in [0.2, 0.25) is 11.8 Å². The quantitative estimate of drug-likeness (QED) is 0.707. The Morgan fingerprint density at radius 1 is 1.15 bits per heavy atom. The molecule has 0 saturated carbocycles. The lowest BCUT2D eigenvalue weighted by Crippen LogP contribution is -2.31. The van der Waals surface area contributed by atoms with Gasteiger partial charge in [0.05, 0.1) is 0 Å². The first-order valence-electron chi connectivity index (χ1n) is 7.35. The van der Waals surface area contributed by atoms with Crippen molar-refractivity contribution in [3.8, 4) is 0 Å². The third-order valence-corrected chi connectivity index (χ3v) is 3.62. The Morgan fingerprint density at radius 3 is 2.20 bits per heavy atom. The maximum Gasteiger partial charge on any atom is 0.223 e. The van der Waals surface area contributed by atoms with Crippen molar-refractivity contribution in [1.29, 1.82) is 0 Å². The van der Waals surface area contributed by atoms with Gasteiger partial charge in [-0.1, -0.05) is 20.8 Å². The van der Waals surface area contributed by atoms with Gasteiger partial charge in [0, 0.05) is 33.5 Å². The Morgan fingerprint density at radius 2 is 1.75 bits per heavy atom. The third-order valence-electron chi connectivity index (χ3n) is 3.62. The molecular formula is C15H31N3O2. The van der Waals surface area contributed by atoms with E-state index in [1.807, 2.05) is 0 Å². The summed E-state index contributed by atoms with van der Waals surface area (Å²) >= 11 is 0. The highest BCUT2D eigenvalue weighted by atomic mass is 16.2. The lowest BCUT2D eigenvalue weighted by atomic mass is 9.76. The standard InChI is InChI=1S/C15H31N3O2/c1-15(2,3)12(8-10-16)6-7-13(19)17-11-9-14(20)18(4)5/h12H,6-11,16H2,1-5H3,(H,17,19). The number of nitrogens with one attached hydrogen (secondary N) is 1. The number of carbonyl (C=O) groups excluding carboxylic acids is 2. The summed E-state index contributed by atoms with van der Waals surface area (Å²) in [6.45, 7) is 7.61. The van der Waals surface area contributed by atoms with Crippen LogP contribution in [0.15, 0.2) is 0 Å². The first-order valence-corrected chi connectivity index (χ1v) is 7.35. The van der Waals surface area contributed by atoms with Crippen LogP contribution in [0.4, 0.5) is 0 Å². The lowest BCUT2D eigenvalue weighted by molar-refractivity contribution is -0.128. The zero-order valence-corrected chi connectivity index (χ0v) is 13.7. The molecule has 5 heteroatoms. The van der Waals surface area contributed by atoms with E-state index in [4.69, 9.17) is 5.73 Å². The van der Waals surface area contributed by atoms with E-state index in [1.54, 1.807) is 14.1 Å². The second-order valence-electron chi connectivity index (χ2n) is 6.57. The molecule has 1 atom stereocenters. The fraction of sp³-hybridized carbons (Fsp3) is 0.867. The van der Waals surface area contributed by atoms with Crippen molar-refractivity contribution in [3.63, 3.8) is 0 Å². The van der Waals surface area contributed by atoms with Gasteiger partial charge < -0.3 is 16.0 Å². The molecule has 5 nitrogen and oxygen atoms in total. The summed E-state index contributed by atoms with van der Waals surface area (Å²) in [4.78, 5) is 24.7. The summed E-state index contributed by atoms with van der Waals surface area (Å²) < 4.78 is 0. The van der Waals surface area contributed by atoms with Gasteiger partial charge in [-0.05, 0) is 30.7 Å². The normalized spacial score (nSPS) is 12.9. The summed E-state index contributed by atoms with van der Waals surface area (Å²) in [5, 5.41) is 2.80. The first kappa shape index (κ1) is 18.9. The van der Waals surface area contributed by atoms with Crippen molar-refractivity contribution >= 4 is 11.8 Å². The van der Waals surface area contributed by atoms with Crippen LogP contribution in [-0.2, 0) is 9.59 Å². The van der Waals surface area contributed by atoms with Crippen LogP contribution in [0.2, 0.25) is 0 Å². The second-order valence-corrected chi connectivity index (χ2v) is 6.57. The molecule has 0 aliphatic heterocycles. The highest BCUT2D eigenvalue weighted by molar-refractivity contribution is 5.78. The minimum Gasteiger partial charge on any atom is -0.356 e. The van der Waals surface area contributed by atoms with Gasteiger partial charge in [0.15, 0.2) is 0 Å². The van der Waals surface area contributed by atoms with Crippen LogP contribution in [0, 0.1) is 11.3 Å². The maximum atomic E-state index is 11.8. The van der Waals surface area contributed by atoms with Crippen molar-refractivity contribution in [2.75, 3.05) is 27.2 Å². The van der Waals surface area contributed by atoms with E-state index >= 15 is 0 Å². The van der Waals surface area contributed by atoms with E-state index < -0.39 is 0 Å². The molecule has 0 aliphatic rings. The minimum absolute atomic E-state index is 0.0165. The Balaban J connectivity index is 3.99. The third kappa shape index (κ3) is 8.15. The number of amides is 2. The van der Waals surface area contributed by atoms with Crippen molar-refractivity contribution in [2.24, 2.45) is 17.1 Å². The van der Waals surface area contributed by atoms with Gasteiger partial charge in [-0.3, -0.25) is 9.59 Å². The number of nitrogens with two attached hydrogens (primary N) is 1. The Kier molecular flexibility index (Phi) is 8.46. The van der Waals surface area contributed by atoms with Crippen LogP contribution < -0.4 is 11.1 Å². The average molecular weight is 285 g/mol. The first-order chi connectivity index (χ1) is 9.18.